The fourth-order valence-corrected chi connectivity index (χ4v) is 1.99. The second-order valence-corrected chi connectivity index (χ2v) is 4.85. The minimum Gasteiger partial charge on any atom is -0.489 e. The van der Waals surface area contributed by atoms with Gasteiger partial charge in [-0.2, -0.15) is 10.4 Å². The highest BCUT2D eigenvalue weighted by Crippen LogP contribution is 2.24. The normalized spacial score (nSPS) is 10.1. The van der Waals surface area contributed by atoms with Crippen molar-refractivity contribution in [2.75, 3.05) is 0 Å². The van der Waals surface area contributed by atoms with Gasteiger partial charge in [0.05, 0.1) is 6.20 Å². The number of hydrogen-bond donors (Lipinski definition) is 0. The maximum atomic E-state index is 9.02. The van der Waals surface area contributed by atoms with Gasteiger partial charge in [0, 0.05) is 25.0 Å². The average molecular weight is 306 g/mol. The van der Waals surface area contributed by atoms with E-state index in [1.807, 2.05) is 19.3 Å². The molecule has 114 valence electrons. The Morgan fingerprint density at radius 2 is 1.96 bits per heavy atom. The fourth-order valence-electron chi connectivity index (χ4n) is 1.99. The minimum atomic E-state index is 0.291. The lowest BCUT2D eigenvalue weighted by atomic mass is 10.3. The Morgan fingerprint density at radius 3 is 2.65 bits per heavy atom. The Labute approximate surface area is 133 Å². The maximum absolute atomic E-state index is 9.02. The molecule has 0 radical (unpaired) electrons. The number of aromatic nitrogens is 3. The summed E-state index contributed by atoms with van der Waals surface area (Å²) in [6.07, 6.45) is 5.26. The quantitative estimate of drug-likeness (QED) is 0.724. The van der Waals surface area contributed by atoms with Gasteiger partial charge in [0.1, 0.15) is 29.7 Å². The zero-order valence-corrected chi connectivity index (χ0v) is 12.5. The predicted octanol–water partition coefficient (Wildman–Crippen LogP) is 3.06. The summed E-state index contributed by atoms with van der Waals surface area (Å²) < 4.78 is 13.0. The predicted molar refractivity (Wildman–Crippen MR) is 83.0 cm³/mol. The van der Waals surface area contributed by atoms with E-state index < -0.39 is 0 Å². The molecule has 0 aliphatic carbocycles. The first kappa shape index (κ1) is 14.6. The molecule has 0 fully saturated rings. The lowest BCUT2D eigenvalue weighted by Crippen LogP contribution is -1.95. The third kappa shape index (κ3) is 3.66. The molecule has 0 bridgehead atoms. The zero-order chi connectivity index (χ0) is 16.1. The van der Waals surface area contributed by atoms with Gasteiger partial charge in [0.2, 0.25) is 5.88 Å². The van der Waals surface area contributed by atoms with Gasteiger partial charge in [0.15, 0.2) is 0 Å². The van der Waals surface area contributed by atoms with Crippen molar-refractivity contribution in [3.8, 4) is 23.4 Å². The second-order valence-electron chi connectivity index (χ2n) is 4.85. The van der Waals surface area contributed by atoms with E-state index in [1.54, 1.807) is 53.5 Å². The van der Waals surface area contributed by atoms with Crippen molar-refractivity contribution in [3.63, 3.8) is 0 Å². The Hall–Kier alpha value is -3.33. The summed E-state index contributed by atoms with van der Waals surface area (Å²) in [6.45, 7) is 0.451. The topological polar surface area (TPSA) is 73.0 Å². The minimum absolute atomic E-state index is 0.291. The summed E-state index contributed by atoms with van der Waals surface area (Å²) in [6, 6.07) is 12.6. The standard InChI is InChI=1S/C17H14N4O2/c1-21-11-13(10-20-21)12-22-15-4-6-16(7-5-15)23-17-14(9-18)3-2-8-19-17/h2-8,10-11H,12H2,1H3. The Kier molecular flexibility index (Phi) is 4.20. The second kappa shape index (κ2) is 6.62. The molecule has 1 aromatic carbocycles. The highest BCUT2D eigenvalue weighted by atomic mass is 16.5. The van der Waals surface area contributed by atoms with Crippen LogP contribution in [0.2, 0.25) is 0 Å². The van der Waals surface area contributed by atoms with E-state index in [-0.39, 0.29) is 0 Å². The molecule has 6 heteroatoms. The van der Waals surface area contributed by atoms with Crippen LogP contribution >= 0.6 is 0 Å². The molecule has 2 heterocycles. The van der Waals surface area contributed by atoms with Gasteiger partial charge in [-0.1, -0.05) is 0 Å². The molecule has 0 saturated heterocycles. The van der Waals surface area contributed by atoms with Crippen molar-refractivity contribution < 1.29 is 9.47 Å². The SMILES string of the molecule is Cn1cc(COc2ccc(Oc3ncccc3C#N)cc2)cn1. The lowest BCUT2D eigenvalue weighted by molar-refractivity contribution is 0.305. The van der Waals surface area contributed by atoms with Gasteiger partial charge in [-0.05, 0) is 36.4 Å². The Balaban J connectivity index is 1.64. The van der Waals surface area contributed by atoms with Crippen LogP contribution in [0.25, 0.3) is 0 Å². The molecule has 0 atom stereocenters. The number of ether oxygens (including phenoxy) is 2. The van der Waals surface area contributed by atoms with E-state index in [2.05, 4.69) is 10.1 Å². The fraction of sp³-hybridized carbons (Fsp3) is 0.118. The molecular formula is C17H14N4O2. The van der Waals surface area contributed by atoms with Crippen LogP contribution in [0.5, 0.6) is 17.4 Å². The van der Waals surface area contributed by atoms with Crippen molar-refractivity contribution in [1.82, 2.24) is 14.8 Å². The summed E-state index contributed by atoms with van der Waals surface area (Å²) in [5, 5.41) is 13.1. The number of nitriles is 1. The molecule has 2 aromatic heterocycles. The summed E-state index contributed by atoms with van der Waals surface area (Å²) in [4.78, 5) is 4.06. The molecule has 0 unspecified atom stereocenters. The van der Waals surface area contributed by atoms with E-state index in [4.69, 9.17) is 14.7 Å². The van der Waals surface area contributed by atoms with Crippen molar-refractivity contribution in [1.29, 1.82) is 5.26 Å². The van der Waals surface area contributed by atoms with Crippen LogP contribution in [0.3, 0.4) is 0 Å². The first-order valence-corrected chi connectivity index (χ1v) is 6.98. The van der Waals surface area contributed by atoms with Gasteiger partial charge in [-0.15, -0.1) is 0 Å². The lowest BCUT2D eigenvalue weighted by Gasteiger charge is -2.08. The molecule has 0 saturated carbocycles. The largest absolute Gasteiger partial charge is 0.489 e. The van der Waals surface area contributed by atoms with Crippen LogP contribution in [-0.2, 0) is 13.7 Å². The number of nitrogens with zero attached hydrogens (tertiary/aromatic N) is 4. The molecule has 0 aliphatic heterocycles. The van der Waals surface area contributed by atoms with Crippen molar-refractivity contribution in [2.45, 2.75) is 6.61 Å². The van der Waals surface area contributed by atoms with Crippen molar-refractivity contribution >= 4 is 0 Å². The first-order chi connectivity index (χ1) is 11.2. The molecule has 0 aliphatic rings. The first-order valence-electron chi connectivity index (χ1n) is 6.98. The number of aryl methyl sites for hydroxylation is 1. The number of benzene rings is 1. The molecule has 0 N–H and O–H groups in total. The smallest absolute Gasteiger partial charge is 0.237 e. The molecule has 3 rings (SSSR count). The molecule has 3 aromatic rings. The molecule has 0 spiro atoms. The summed E-state index contributed by atoms with van der Waals surface area (Å²) in [7, 11) is 1.86. The maximum Gasteiger partial charge on any atom is 0.237 e. The Morgan fingerprint density at radius 1 is 1.17 bits per heavy atom. The summed E-state index contributed by atoms with van der Waals surface area (Å²) >= 11 is 0. The molecule has 0 amide bonds. The van der Waals surface area contributed by atoms with Crippen LogP contribution in [0.15, 0.2) is 55.0 Å². The van der Waals surface area contributed by atoms with Gasteiger partial charge in [0.25, 0.3) is 0 Å². The number of pyridine rings is 1. The van der Waals surface area contributed by atoms with E-state index in [0.29, 0.717) is 23.8 Å². The number of rotatable bonds is 5. The monoisotopic (exact) mass is 306 g/mol. The zero-order valence-electron chi connectivity index (χ0n) is 12.5. The summed E-state index contributed by atoms with van der Waals surface area (Å²) in [5.74, 6) is 1.61. The van der Waals surface area contributed by atoms with Crippen LogP contribution < -0.4 is 9.47 Å². The van der Waals surface area contributed by atoms with Gasteiger partial charge in [-0.3, -0.25) is 4.68 Å². The third-order valence-electron chi connectivity index (χ3n) is 3.09. The van der Waals surface area contributed by atoms with Crippen molar-refractivity contribution in [2.24, 2.45) is 7.05 Å². The molecule has 23 heavy (non-hydrogen) atoms. The number of hydrogen-bond acceptors (Lipinski definition) is 5. The van der Waals surface area contributed by atoms with E-state index in [1.165, 1.54) is 0 Å². The highest BCUT2D eigenvalue weighted by molar-refractivity contribution is 5.41. The molecular weight excluding hydrogens is 292 g/mol. The van der Waals surface area contributed by atoms with E-state index in [0.717, 1.165) is 11.3 Å². The van der Waals surface area contributed by atoms with Gasteiger partial charge < -0.3 is 9.47 Å². The van der Waals surface area contributed by atoms with E-state index >= 15 is 0 Å². The van der Waals surface area contributed by atoms with Crippen LogP contribution in [-0.4, -0.2) is 14.8 Å². The average Bonchev–Trinajstić information content (AvgIpc) is 3.00. The van der Waals surface area contributed by atoms with E-state index in [9.17, 15) is 0 Å². The van der Waals surface area contributed by atoms with Crippen LogP contribution in [0.1, 0.15) is 11.1 Å². The van der Waals surface area contributed by atoms with Crippen LogP contribution in [0, 0.1) is 11.3 Å². The highest BCUT2D eigenvalue weighted by Gasteiger charge is 2.05. The van der Waals surface area contributed by atoms with Gasteiger partial charge in [-0.25, -0.2) is 4.98 Å². The third-order valence-corrected chi connectivity index (χ3v) is 3.09. The van der Waals surface area contributed by atoms with Crippen LogP contribution in [0.4, 0.5) is 0 Å². The summed E-state index contributed by atoms with van der Waals surface area (Å²) in [5.41, 5.74) is 1.39. The Bertz CT molecular complexity index is 834. The van der Waals surface area contributed by atoms with Crippen molar-refractivity contribution in [3.05, 3.63) is 66.1 Å². The molecule has 6 nitrogen and oxygen atoms in total. The van der Waals surface area contributed by atoms with Gasteiger partial charge >= 0.3 is 0 Å².